The van der Waals surface area contributed by atoms with Crippen molar-refractivity contribution in [1.29, 1.82) is 0 Å². The zero-order valence-corrected chi connectivity index (χ0v) is 59.7. The molecule has 0 aromatic heterocycles. The van der Waals surface area contributed by atoms with Gasteiger partial charge in [-0.2, -0.15) is 0 Å². The van der Waals surface area contributed by atoms with Gasteiger partial charge < -0.3 is 20.3 Å². The summed E-state index contributed by atoms with van der Waals surface area (Å²) in [4.78, 5) is 24.6. The second kappa shape index (κ2) is 77.5. The monoisotopic (exact) mass is 1240 g/mol. The van der Waals surface area contributed by atoms with Crippen LogP contribution in [0.15, 0.2) is 36.5 Å². The summed E-state index contributed by atoms with van der Waals surface area (Å²) in [5.41, 5.74) is 0. The van der Waals surface area contributed by atoms with Crippen LogP contribution >= 0.6 is 0 Å². The number of rotatable bonds is 76. The third kappa shape index (κ3) is 73.1. The van der Waals surface area contributed by atoms with E-state index in [0.717, 1.165) is 51.4 Å². The molecule has 0 aromatic rings. The molecule has 6 heteroatoms. The molecule has 2 unspecified atom stereocenters. The van der Waals surface area contributed by atoms with Gasteiger partial charge >= 0.3 is 5.97 Å². The van der Waals surface area contributed by atoms with E-state index >= 15 is 0 Å². The van der Waals surface area contributed by atoms with Gasteiger partial charge in [-0.3, -0.25) is 9.59 Å². The molecule has 0 aliphatic heterocycles. The summed E-state index contributed by atoms with van der Waals surface area (Å²) in [7, 11) is 0. The molecule has 88 heavy (non-hydrogen) atoms. The Hall–Kier alpha value is -1.92. The standard InChI is InChI=1S/C82H157NO5/c1-3-5-7-9-11-13-15-17-18-19-20-21-35-38-41-44-47-51-54-58-62-66-70-74-80(85)79(78-84)83-81(86)75-71-67-63-59-55-52-48-45-42-39-36-33-31-29-27-25-23-22-24-26-28-30-32-34-37-40-43-46-49-53-57-61-65-69-73-77-88-82(87)76-72-68-64-60-56-50-16-14-12-10-8-6-4-2/h8,10,14,16,70,74,79-80,84-85H,3-7,9,11-13,15,17-69,71-73,75-78H2,1-2H3,(H,83,86)/b10-8-,16-14-,74-70+. The number of ether oxygens (including phenoxy) is 1. The number of esters is 1. The van der Waals surface area contributed by atoms with E-state index in [2.05, 4.69) is 43.5 Å². The molecule has 0 bridgehead atoms. The van der Waals surface area contributed by atoms with Crippen molar-refractivity contribution in [3.05, 3.63) is 36.5 Å². The minimum absolute atomic E-state index is 0.00754. The molecule has 0 saturated heterocycles. The molecule has 2 atom stereocenters. The van der Waals surface area contributed by atoms with Gasteiger partial charge in [0.25, 0.3) is 0 Å². The Bertz CT molecular complexity index is 1430. The average molecular weight is 1240 g/mol. The Morgan fingerprint density at radius 1 is 0.318 bits per heavy atom. The Morgan fingerprint density at radius 2 is 0.591 bits per heavy atom. The number of unbranched alkanes of at least 4 members (excludes halogenated alkanes) is 61. The first-order chi connectivity index (χ1) is 43.5. The van der Waals surface area contributed by atoms with E-state index in [1.54, 1.807) is 6.08 Å². The van der Waals surface area contributed by atoms with Crippen molar-refractivity contribution in [2.45, 2.75) is 463 Å². The number of carbonyl (C=O) groups excluding carboxylic acids is 2. The van der Waals surface area contributed by atoms with Crippen LogP contribution in [0.2, 0.25) is 0 Å². The summed E-state index contributed by atoms with van der Waals surface area (Å²) in [6, 6.07) is -0.625. The number of aliphatic hydroxyl groups is 2. The highest BCUT2D eigenvalue weighted by molar-refractivity contribution is 5.76. The van der Waals surface area contributed by atoms with Crippen LogP contribution in [-0.4, -0.2) is 47.4 Å². The molecule has 1 amide bonds. The molecule has 0 spiro atoms. The third-order valence-corrected chi connectivity index (χ3v) is 18.9. The van der Waals surface area contributed by atoms with Gasteiger partial charge in [0.2, 0.25) is 5.91 Å². The lowest BCUT2D eigenvalue weighted by atomic mass is 10.0. The highest BCUT2D eigenvalue weighted by Gasteiger charge is 2.18. The van der Waals surface area contributed by atoms with Gasteiger partial charge in [-0.15, -0.1) is 0 Å². The maximum absolute atomic E-state index is 12.6. The number of allylic oxidation sites excluding steroid dienone is 5. The maximum atomic E-state index is 12.6. The highest BCUT2D eigenvalue weighted by Crippen LogP contribution is 2.20. The second-order valence-electron chi connectivity index (χ2n) is 27.8. The van der Waals surface area contributed by atoms with Crippen molar-refractivity contribution in [1.82, 2.24) is 5.32 Å². The van der Waals surface area contributed by atoms with Crippen molar-refractivity contribution in [3.8, 4) is 0 Å². The predicted octanol–water partition coefficient (Wildman–Crippen LogP) is 26.6. The fourth-order valence-electron chi connectivity index (χ4n) is 12.8. The van der Waals surface area contributed by atoms with Gasteiger partial charge in [0, 0.05) is 12.8 Å². The molecule has 0 aromatic carbocycles. The fourth-order valence-corrected chi connectivity index (χ4v) is 12.8. The first kappa shape index (κ1) is 86.1. The van der Waals surface area contributed by atoms with Gasteiger partial charge in [0.15, 0.2) is 0 Å². The summed E-state index contributed by atoms with van der Waals surface area (Å²) in [5, 5.41) is 23.3. The number of carbonyl (C=O) groups is 2. The van der Waals surface area contributed by atoms with Crippen molar-refractivity contribution >= 4 is 11.9 Å². The van der Waals surface area contributed by atoms with Crippen molar-refractivity contribution in [2.24, 2.45) is 0 Å². The van der Waals surface area contributed by atoms with Crippen LogP contribution in [0, 0.1) is 0 Å². The number of amides is 1. The molecule has 520 valence electrons. The number of hydrogen-bond acceptors (Lipinski definition) is 5. The summed E-state index contributed by atoms with van der Waals surface area (Å²) >= 11 is 0. The van der Waals surface area contributed by atoms with Crippen LogP contribution in [0.25, 0.3) is 0 Å². The van der Waals surface area contributed by atoms with Crippen molar-refractivity contribution in [2.75, 3.05) is 13.2 Å². The van der Waals surface area contributed by atoms with E-state index in [4.69, 9.17) is 4.74 Å². The summed E-state index contributed by atoms with van der Waals surface area (Å²) < 4.78 is 5.48. The first-order valence-electron chi connectivity index (χ1n) is 40.3. The van der Waals surface area contributed by atoms with E-state index in [0.29, 0.717) is 19.4 Å². The SMILES string of the molecule is CCC/C=C\C/C=C\CCCCCCCC(=O)OCCCCCCCCCCCCCCCCCCCCCCCCCCCCCCCCCCCCCC(=O)NC(CO)C(O)/C=C/CCCCCCCCCCCCCCCCCCCCCCC. The minimum Gasteiger partial charge on any atom is -0.466 e. The number of aliphatic hydroxyl groups excluding tert-OH is 2. The smallest absolute Gasteiger partial charge is 0.305 e. The molecule has 0 rings (SSSR count). The molecule has 0 radical (unpaired) electrons. The Balaban J connectivity index is 3.34. The van der Waals surface area contributed by atoms with Crippen LogP contribution in [0.3, 0.4) is 0 Å². The largest absolute Gasteiger partial charge is 0.466 e. The van der Waals surface area contributed by atoms with Gasteiger partial charge in [0.05, 0.1) is 25.4 Å². The lowest BCUT2D eigenvalue weighted by Gasteiger charge is -2.20. The van der Waals surface area contributed by atoms with Crippen molar-refractivity contribution < 1.29 is 24.5 Å². The normalized spacial score (nSPS) is 12.6. The summed E-state index contributed by atoms with van der Waals surface area (Å²) in [6.07, 6.45) is 101. The molecule has 3 N–H and O–H groups in total. The topological polar surface area (TPSA) is 95.9 Å². The minimum atomic E-state index is -0.842. The third-order valence-electron chi connectivity index (χ3n) is 18.9. The summed E-state index contributed by atoms with van der Waals surface area (Å²) in [5.74, 6) is -0.0502. The number of nitrogens with one attached hydrogen (secondary N) is 1. The maximum Gasteiger partial charge on any atom is 0.305 e. The molecule has 0 heterocycles. The molecule has 0 fully saturated rings. The van der Waals surface area contributed by atoms with Gasteiger partial charge in [-0.05, 0) is 57.8 Å². The van der Waals surface area contributed by atoms with E-state index in [9.17, 15) is 19.8 Å². The van der Waals surface area contributed by atoms with Crippen LogP contribution in [0.4, 0.5) is 0 Å². The predicted molar refractivity (Wildman–Crippen MR) is 389 cm³/mol. The van der Waals surface area contributed by atoms with Gasteiger partial charge in [-0.25, -0.2) is 0 Å². The Labute approximate surface area is 551 Å². The zero-order chi connectivity index (χ0) is 63.5. The fraction of sp³-hybridized carbons (Fsp3) is 0.902. The van der Waals surface area contributed by atoms with E-state index < -0.39 is 12.1 Å². The van der Waals surface area contributed by atoms with Gasteiger partial charge in [-0.1, -0.05) is 416 Å². The number of hydrogen-bond donors (Lipinski definition) is 3. The molecule has 0 aliphatic carbocycles. The zero-order valence-electron chi connectivity index (χ0n) is 59.7. The molecular weight excluding hydrogens is 1080 g/mol. The van der Waals surface area contributed by atoms with E-state index in [1.807, 2.05) is 6.08 Å². The van der Waals surface area contributed by atoms with E-state index in [1.165, 1.54) is 372 Å². The molecule has 6 nitrogen and oxygen atoms in total. The van der Waals surface area contributed by atoms with Crippen LogP contribution < -0.4 is 5.32 Å². The molecule has 0 aliphatic rings. The van der Waals surface area contributed by atoms with Crippen LogP contribution in [0.5, 0.6) is 0 Å². The lowest BCUT2D eigenvalue weighted by molar-refractivity contribution is -0.143. The molecule has 0 saturated carbocycles. The average Bonchev–Trinajstić information content (AvgIpc) is 3.53. The highest BCUT2D eigenvalue weighted by atomic mass is 16.5. The van der Waals surface area contributed by atoms with Gasteiger partial charge in [0.1, 0.15) is 0 Å². The molecular formula is C82H157NO5. The summed E-state index contributed by atoms with van der Waals surface area (Å²) in [6.45, 7) is 4.88. The van der Waals surface area contributed by atoms with Crippen molar-refractivity contribution in [3.63, 3.8) is 0 Å². The van der Waals surface area contributed by atoms with E-state index in [-0.39, 0.29) is 18.5 Å². The lowest BCUT2D eigenvalue weighted by Crippen LogP contribution is -2.45. The Morgan fingerprint density at radius 3 is 0.909 bits per heavy atom. The Kier molecular flexibility index (Phi) is 75.8. The van der Waals surface area contributed by atoms with Crippen LogP contribution in [0.1, 0.15) is 450 Å². The second-order valence-corrected chi connectivity index (χ2v) is 27.8. The van der Waals surface area contributed by atoms with Crippen LogP contribution in [-0.2, 0) is 14.3 Å². The first-order valence-corrected chi connectivity index (χ1v) is 40.3. The quantitative estimate of drug-likeness (QED) is 0.0320.